The second-order valence-corrected chi connectivity index (χ2v) is 6.72. The van der Waals surface area contributed by atoms with Crippen LogP contribution in [0, 0.1) is 0 Å². The van der Waals surface area contributed by atoms with Gasteiger partial charge in [-0.25, -0.2) is 0 Å². The number of thioether (sulfide) groups is 1. The van der Waals surface area contributed by atoms with Crippen molar-refractivity contribution in [2.45, 2.75) is 0 Å². The van der Waals surface area contributed by atoms with Gasteiger partial charge in [-0.2, -0.15) is 4.99 Å². The maximum absolute atomic E-state index is 12.3. The van der Waals surface area contributed by atoms with Crippen molar-refractivity contribution in [3.05, 3.63) is 28.7 Å². The molecule has 2 aliphatic rings. The molecule has 0 N–H and O–H groups in total. The van der Waals surface area contributed by atoms with Crippen LogP contribution in [0.2, 0.25) is 0 Å². The minimum atomic E-state index is -0.196. The first-order valence-corrected chi connectivity index (χ1v) is 8.60. The Kier molecular flexibility index (Phi) is 6.75. The molecule has 136 valence electrons. The highest BCUT2D eigenvalue weighted by molar-refractivity contribution is 8.18. The molecule has 1 aromatic carbocycles. The zero-order valence-corrected chi connectivity index (χ0v) is 16.2. The van der Waals surface area contributed by atoms with Gasteiger partial charge in [-0.1, -0.05) is 0 Å². The van der Waals surface area contributed by atoms with Crippen LogP contribution in [0.25, 0.3) is 6.08 Å². The van der Waals surface area contributed by atoms with Gasteiger partial charge in [0.05, 0.1) is 19.1 Å². The van der Waals surface area contributed by atoms with Crippen molar-refractivity contribution in [1.29, 1.82) is 0 Å². The van der Waals surface area contributed by atoms with Crippen LogP contribution in [0.4, 0.5) is 0 Å². The molecule has 2 heterocycles. The molecule has 2 aliphatic heterocycles. The molecule has 25 heavy (non-hydrogen) atoms. The predicted octanol–water partition coefficient (Wildman–Crippen LogP) is 2.34. The smallest absolute Gasteiger partial charge is 0.286 e. The number of benzene rings is 1. The molecule has 1 saturated heterocycles. The average molecular weight is 384 g/mol. The molecule has 8 heteroatoms. The number of aliphatic imine (C=N–C) groups is 1. The van der Waals surface area contributed by atoms with E-state index in [-0.39, 0.29) is 18.3 Å². The number of nitrogens with zero attached hydrogens (tertiary/aromatic N) is 3. The Morgan fingerprint density at radius 1 is 1.16 bits per heavy atom. The lowest BCUT2D eigenvalue weighted by Crippen LogP contribution is -2.46. The van der Waals surface area contributed by atoms with Crippen LogP contribution in [0.5, 0.6) is 11.5 Å². The third kappa shape index (κ3) is 4.48. The molecule has 0 bridgehead atoms. The number of carbonyl (C=O) groups is 1. The predicted molar refractivity (Wildman–Crippen MR) is 104 cm³/mol. The molecular weight excluding hydrogens is 362 g/mol. The van der Waals surface area contributed by atoms with Crippen molar-refractivity contribution in [2.75, 3.05) is 47.4 Å². The Labute approximate surface area is 158 Å². The molecule has 0 radical (unpaired) electrons. The van der Waals surface area contributed by atoms with Crippen molar-refractivity contribution >= 4 is 41.3 Å². The highest BCUT2D eigenvalue weighted by Crippen LogP contribution is 2.33. The van der Waals surface area contributed by atoms with Gasteiger partial charge in [-0.05, 0) is 43.1 Å². The van der Waals surface area contributed by atoms with Gasteiger partial charge < -0.3 is 19.3 Å². The summed E-state index contributed by atoms with van der Waals surface area (Å²) in [5.41, 5.74) is 0.808. The number of likely N-dealkylation sites (N-methyl/N-ethyl adjacent to an activating group) is 1. The van der Waals surface area contributed by atoms with Crippen molar-refractivity contribution < 1.29 is 14.3 Å². The van der Waals surface area contributed by atoms with E-state index in [0.717, 1.165) is 42.7 Å². The average Bonchev–Trinajstić information content (AvgIpc) is 2.96. The summed E-state index contributed by atoms with van der Waals surface area (Å²) in [4.78, 5) is 21.5. The third-order valence-electron chi connectivity index (χ3n) is 4.11. The van der Waals surface area contributed by atoms with E-state index in [1.54, 1.807) is 14.2 Å². The fraction of sp³-hybridized carbons (Fsp3) is 0.412. The highest BCUT2D eigenvalue weighted by atomic mass is 35.5. The molecule has 1 amide bonds. The molecule has 3 rings (SSSR count). The van der Waals surface area contributed by atoms with Gasteiger partial charge in [0.1, 0.15) is 11.5 Å². The van der Waals surface area contributed by atoms with Crippen LogP contribution in [0.15, 0.2) is 28.1 Å². The number of carbonyl (C=O) groups excluding carboxylic acids is 1. The molecule has 0 spiro atoms. The standard InChI is InChI=1S/C17H21N3O3S.ClH/c1-19-6-8-20(9-7-19)17-18-16(21)15(24-17)11-12-10-13(22-2)4-5-14(12)23-3;/h4-5,10-11H,6-9H2,1-3H3;1H/b15-11-;. The van der Waals surface area contributed by atoms with Gasteiger partial charge in [0.25, 0.3) is 5.91 Å². The second kappa shape index (κ2) is 8.60. The monoisotopic (exact) mass is 383 g/mol. The van der Waals surface area contributed by atoms with E-state index in [1.165, 1.54) is 11.8 Å². The Hall–Kier alpha value is -1.70. The molecule has 6 nitrogen and oxygen atoms in total. The van der Waals surface area contributed by atoms with E-state index < -0.39 is 0 Å². The van der Waals surface area contributed by atoms with Crippen molar-refractivity contribution in [3.63, 3.8) is 0 Å². The Morgan fingerprint density at radius 3 is 2.52 bits per heavy atom. The number of methoxy groups -OCH3 is 2. The van der Waals surface area contributed by atoms with Crippen molar-refractivity contribution in [2.24, 2.45) is 4.99 Å². The summed E-state index contributed by atoms with van der Waals surface area (Å²) in [7, 11) is 5.33. The maximum atomic E-state index is 12.3. The van der Waals surface area contributed by atoms with E-state index in [9.17, 15) is 4.79 Å². The number of piperazine rings is 1. The fourth-order valence-corrected chi connectivity index (χ4v) is 3.58. The Morgan fingerprint density at radius 2 is 1.88 bits per heavy atom. The molecule has 0 atom stereocenters. The lowest BCUT2D eigenvalue weighted by molar-refractivity contribution is -0.113. The van der Waals surface area contributed by atoms with E-state index in [4.69, 9.17) is 9.47 Å². The first-order valence-electron chi connectivity index (χ1n) is 7.79. The van der Waals surface area contributed by atoms with Gasteiger partial charge in [0.15, 0.2) is 5.17 Å². The third-order valence-corrected chi connectivity index (χ3v) is 5.15. The number of amides is 1. The minimum absolute atomic E-state index is 0. The normalized spacial score (nSPS) is 19.6. The van der Waals surface area contributed by atoms with Crippen LogP contribution in [0.3, 0.4) is 0 Å². The molecule has 0 saturated carbocycles. The minimum Gasteiger partial charge on any atom is -0.497 e. The molecule has 0 unspecified atom stereocenters. The largest absolute Gasteiger partial charge is 0.497 e. The zero-order valence-electron chi connectivity index (χ0n) is 14.5. The van der Waals surface area contributed by atoms with Gasteiger partial charge in [-0.15, -0.1) is 12.4 Å². The summed E-state index contributed by atoms with van der Waals surface area (Å²) in [5.74, 6) is 1.22. The van der Waals surface area contributed by atoms with Crippen molar-refractivity contribution in [1.82, 2.24) is 9.80 Å². The topological polar surface area (TPSA) is 54.4 Å². The molecule has 1 aromatic rings. The van der Waals surface area contributed by atoms with Gasteiger partial charge >= 0.3 is 0 Å². The number of ether oxygens (including phenoxy) is 2. The second-order valence-electron chi connectivity index (χ2n) is 5.71. The molecule has 1 fully saturated rings. The summed E-state index contributed by atoms with van der Waals surface area (Å²) in [6, 6.07) is 5.52. The summed E-state index contributed by atoms with van der Waals surface area (Å²) >= 11 is 1.43. The van der Waals surface area contributed by atoms with Gasteiger partial charge in [-0.3, -0.25) is 4.79 Å². The van der Waals surface area contributed by atoms with Crippen LogP contribution >= 0.6 is 24.2 Å². The summed E-state index contributed by atoms with van der Waals surface area (Å²) in [5, 5.41) is 0.793. The number of rotatable bonds is 3. The summed E-state index contributed by atoms with van der Waals surface area (Å²) < 4.78 is 10.6. The number of hydrogen-bond acceptors (Lipinski definition) is 6. The first-order chi connectivity index (χ1) is 11.6. The summed E-state index contributed by atoms with van der Waals surface area (Å²) in [6.07, 6.45) is 1.82. The lowest BCUT2D eigenvalue weighted by Gasteiger charge is -2.32. The SMILES string of the molecule is COc1ccc(OC)c(/C=C2\SC(N3CCN(C)CC3)=NC2=O)c1.Cl. The van der Waals surface area contributed by atoms with E-state index in [0.29, 0.717) is 10.7 Å². The van der Waals surface area contributed by atoms with E-state index in [1.807, 2.05) is 24.3 Å². The number of hydrogen-bond donors (Lipinski definition) is 0. The fourth-order valence-electron chi connectivity index (χ4n) is 2.62. The molecule has 0 aromatic heterocycles. The summed E-state index contributed by atoms with van der Waals surface area (Å²) in [6.45, 7) is 3.75. The Bertz CT molecular complexity index is 700. The molecule has 0 aliphatic carbocycles. The quantitative estimate of drug-likeness (QED) is 0.747. The zero-order chi connectivity index (χ0) is 17.1. The van der Waals surface area contributed by atoms with Crippen LogP contribution in [-0.2, 0) is 4.79 Å². The highest BCUT2D eigenvalue weighted by Gasteiger charge is 2.28. The maximum Gasteiger partial charge on any atom is 0.286 e. The van der Waals surface area contributed by atoms with Crippen LogP contribution in [0.1, 0.15) is 5.56 Å². The van der Waals surface area contributed by atoms with Crippen molar-refractivity contribution in [3.8, 4) is 11.5 Å². The van der Waals surface area contributed by atoms with E-state index in [2.05, 4.69) is 21.8 Å². The van der Waals surface area contributed by atoms with E-state index >= 15 is 0 Å². The van der Waals surface area contributed by atoms with Gasteiger partial charge in [0.2, 0.25) is 0 Å². The molecular formula is C17H22ClN3O3S. The van der Waals surface area contributed by atoms with Gasteiger partial charge in [0, 0.05) is 31.7 Å². The van der Waals surface area contributed by atoms with Crippen LogP contribution in [-0.4, -0.2) is 68.3 Å². The van der Waals surface area contributed by atoms with Crippen LogP contribution < -0.4 is 9.47 Å². The number of halogens is 1. The number of amidine groups is 1. The lowest BCUT2D eigenvalue weighted by atomic mass is 10.1. The first kappa shape index (κ1) is 19.6. The Balaban J connectivity index is 0.00000225.